The Morgan fingerprint density at radius 3 is 1.09 bits per heavy atom. The lowest BCUT2D eigenvalue weighted by Crippen LogP contribution is -2.06. The van der Waals surface area contributed by atoms with E-state index in [0.717, 1.165) is 108 Å². The lowest BCUT2D eigenvalue weighted by Gasteiger charge is -2.11. The van der Waals surface area contributed by atoms with Crippen LogP contribution < -0.4 is 0 Å². The molecule has 0 aliphatic carbocycles. The summed E-state index contributed by atoms with van der Waals surface area (Å²) in [5.41, 5.74) is 12.9. The number of thiazole rings is 2. The largest absolute Gasteiger partial charge is 0.508 e. The summed E-state index contributed by atoms with van der Waals surface area (Å²) in [4.78, 5) is 37.3. The summed E-state index contributed by atoms with van der Waals surface area (Å²) in [6.45, 7) is 12.0. The minimum atomic E-state index is -0.00499. The molecule has 4 heterocycles. The fourth-order valence-electron chi connectivity index (χ4n) is 8.72. The van der Waals surface area contributed by atoms with Crippen molar-refractivity contribution in [2.45, 2.75) is 41.5 Å². The summed E-state index contributed by atoms with van der Waals surface area (Å²) >= 11 is 5.57. The number of carbonyl (C=O) groups excluding carboxylic acids is 2. The number of thiophene rings is 2. The van der Waals surface area contributed by atoms with E-state index >= 15 is 0 Å². The standard InChI is InChI=1S/2C27H21NO3S2/c2*1-14-10-15(2)23(16(3)11-14)25(31)26-24(20-9-8-19(29)12-21(20)33-26)17-4-6-18(7-5-17)27-28-22(30)13-32-27/h2*4-13,29-30H,1-3H3. The molecule has 0 aliphatic heterocycles. The molecule has 4 N–H and O–H groups in total. The highest BCUT2D eigenvalue weighted by Gasteiger charge is 2.26. The Kier molecular flexibility index (Phi) is 11.9. The maximum Gasteiger partial charge on any atom is 0.222 e. The van der Waals surface area contributed by atoms with Crippen molar-refractivity contribution in [3.05, 3.63) is 174 Å². The molecule has 10 aromatic rings. The number of nitrogens with zero attached hydrogens (tertiary/aromatic N) is 2. The first-order valence-electron chi connectivity index (χ1n) is 20.9. The molecule has 12 heteroatoms. The maximum absolute atomic E-state index is 13.9. The Hall–Kier alpha value is -6.96. The van der Waals surface area contributed by atoms with Gasteiger partial charge in [-0.3, -0.25) is 9.59 Å². The number of phenols is 2. The van der Waals surface area contributed by atoms with Crippen LogP contribution in [0.1, 0.15) is 63.9 Å². The van der Waals surface area contributed by atoms with E-state index in [1.165, 1.54) is 45.3 Å². The average molecular weight is 943 g/mol. The monoisotopic (exact) mass is 942 g/mol. The van der Waals surface area contributed by atoms with Crippen molar-refractivity contribution in [2.75, 3.05) is 0 Å². The van der Waals surface area contributed by atoms with Crippen LogP contribution in [0.25, 0.3) is 63.6 Å². The third kappa shape index (κ3) is 8.52. The lowest BCUT2D eigenvalue weighted by atomic mass is 9.92. The molecular formula is C54H42N2O6S4. The predicted molar refractivity (Wildman–Crippen MR) is 272 cm³/mol. The van der Waals surface area contributed by atoms with Crippen LogP contribution in [0, 0.1) is 41.5 Å². The highest BCUT2D eigenvalue weighted by Crippen LogP contribution is 2.44. The van der Waals surface area contributed by atoms with Crippen LogP contribution in [0.3, 0.4) is 0 Å². The molecule has 4 aromatic heterocycles. The number of aromatic nitrogens is 2. The molecule has 8 nitrogen and oxygen atoms in total. The summed E-state index contributed by atoms with van der Waals surface area (Å²) in [7, 11) is 0. The molecule has 10 rings (SSSR count). The van der Waals surface area contributed by atoms with E-state index in [0.29, 0.717) is 9.75 Å². The second kappa shape index (κ2) is 17.8. The number of fused-ring (bicyclic) bond motifs is 2. The van der Waals surface area contributed by atoms with Crippen LogP contribution >= 0.6 is 45.3 Å². The average Bonchev–Trinajstić information content (AvgIpc) is 4.08. The molecule has 0 aliphatic rings. The zero-order valence-electron chi connectivity index (χ0n) is 36.7. The quantitative estimate of drug-likeness (QED) is 0.110. The minimum absolute atomic E-state index is 0.00499. The van der Waals surface area contributed by atoms with Gasteiger partial charge in [0.15, 0.2) is 0 Å². The van der Waals surface area contributed by atoms with Crippen molar-refractivity contribution in [1.29, 1.82) is 0 Å². The van der Waals surface area contributed by atoms with E-state index in [1.54, 1.807) is 35.0 Å². The predicted octanol–water partition coefficient (Wildman–Crippen LogP) is 14.5. The van der Waals surface area contributed by atoms with Gasteiger partial charge in [-0.25, -0.2) is 9.97 Å². The smallest absolute Gasteiger partial charge is 0.222 e. The van der Waals surface area contributed by atoms with E-state index < -0.39 is 0 Å². The normalized spacial score (nSPS) is 11.2. The summed E-state index contributed by atoms with van der Waals surface area (Å²) in [5.74, 6) is 0.370. The topological polar surface area (TPSA) is 141 Å². The first kappa shape index (κ1) is 44.3. The molecule has 0 saturated carbocycles. The number of ketones is 2. The number of hydrogen-bond acceptors (Lipinski definition) is 12. The molecule has 0 bridgehead atoms. The molecular weight excluding hydrogens is 901 g/mol. The second-order valence-electron chi connectivity index (χ2n) is 16.4. The van der Waals surface area contributed by atoms with Crippen LogP contribution in [0.4, 0.5) is 0 Å². The second-order valence-corrected chi connectivity index (χ2v) is 20.2. The van der Waals surface area contributed by atoms with Crippen LogP contribution in [-0.4, -0.2) is 42.0 Å². The first-order valence-corrected chi connectivity index (χ1v) is 24.3. The SMILES string of the molecule is Cc1cc(C)c(C(=O)c2sc3cc(O)ccc3c2-c2ccc(-c3nc(O)cs3)cc2)c(C)c1.Cc1cc(C)c(C(=O)c2sc3cc(O)ccc3c2-c2ccc(-c3nc(O)cs3)cc2)c(C)c1. The van der Waals surface area contributed by atoms with Gasteiger partial charge in [0, 0.05) is 53.6 Å². The van der Waals surface area contributed by atoms with Gasteiger partial charge in [-0.15, -0.1) is 45.3 Å². The van der Waals surface area contributed by atoms with Crippen molar-refractivity contribution in [1.82, 2.24) is 9.97 Å². The molecule has 66 heavy (non-hydrogen) atoms. The Morgan fingerprint density at radius 2 is 0.773 bits per heavy atom. The molecule has 0 unspecified atom stereocenters. The highest BCUT2D eigenvalue weighted by atomic mass is 32.1. The highest BCUT2D eigenvalue weighted by molar-refractivity contribution is 7.22. The molecule has 328 valence electrons. The Labute approximate surface area is 397 Å². The molecule has 6 aromatic carbocycles. The van der Waals surface area contributed by atoms with Gasteiger partial charge >= 0.3 is 0 Å². The van der Waals surface area contributed by atoms with Crippen molar-refractivity contribution in [3.8, 4) is 66.7 Å². The zero-order valence-corrected chi connectivity index (χ0v) is 39.9. The van der Waals surface area contributed by atoms with Crippen LogP contribution in [0.5, 0.6) is 23.3 Å². The third-order valence-electron chi connectivity index (χ3n) is 11.4. The summed E-state index contributed by atoms with van der Waals surface area (Å²) in [5, 5.41) is 45.8. The van der Waals surface area contributed by atoms with Crippen LogP contribution in [-0.2, 0) is 0 Å². The van der Waals surface area contributed by atoms with Crippen molar-refractivity contribution >= 4 is 77.1 Å². The van der Waals surface area contributed by atoms with Crippen molar-refractivity contribution in [2.24, 2.45) is 0 Å². The maximum atomic E-state index is 13.9. The van der Waals surface area contributed by atoms with E-state index in [4.69, 9.17) is 0 Å². The van der Waals surface area contributed by atoms with Gasteiger partial charge in [0.25, 0.3) is 0 Å². The molecule has 0 atom stereocenters. The molecule has 0 radical (unpaired) electrons. The first-order chi connectivity index (χ1) is 31.6. The molecule has 0 spiro atoms. The fourth-order valence-corrected chi connectivity index (χ4v) is 12.5. The number of aromatic hydroxyl groups is 4. The third-order valence-corrected chi connectivity index (χ3v) is 15.5. The number of benzene rings is 6. The summed E-state index contributed by atoms with van der Waals surface area (Å²) in [6.07, 6.45) is 0. The van der Waals surface area contributed by atoms with E-state index in [2.05, 4.69) is 9.97 Å². The molecule has 0 fully saturated rings. The molecule has 0 saturated heterocycles. The van der Waals surface area contributed by atoms with Gasteiger partial charge in [0.2, 0.25) is 23.3 Å². The van der Waals surface area contributed by atoms with E-state index in [9.17, 15) is 30.0 Å². The number of rotatable bonds is 8. The Bertz CT molecular complexity index is 3240. The van der Waals surface area contributed by atoms with E-state index in [-0.39, 0.29) is 34.8 Å². The van der Waals surface area contributed by atoms with Gasteiger partial charge in [0.1, 0.15) is 21.5 Å². The zero-order chi connectivity index (χ0) is 46.6. The van der Waals surface area contributed by atoms with Crippen molar-refractivity contribution in [3.63, 3.8) is 0 Å². The summed E-state index contributed by atoms with van der Waals surface area (Å²) in [6, 6.07) is 34.4. The lowest BCUT2D eigenvalue weighted by molar-refractivity contribution is 0.103. The van der Waals surface area contributed by atoms with Crippen LogP contribution in [0.2, 0.25) is 0 Å². The minimum Gasteiger partial charge on any atom is -0.508 e. The summed E-state index contributed by atoms with van der Waals surface area (Å²) < 4.78 is 1.73. The number of carbonyl (C=O) groups is 2. The number of aryl methyl sites for hydroxylation is 6. The Balaban J connectivity index is 0.000000166. The number of phenolic OH excluding ortho intramolecular Hbond substituents is 2. The Morgan fingerprint density at radius 1 is 0.439 bits per heavy atom. The fraction of sp³-hybridized carbons (Fsp3) is 0.111. The van der Waals surface area contributed by atoms with Gasteiger partial charge < -0.3 is 20.4 Å². The van der Waals surface area contributed by atoms with E-state index in [1.807, 2.05) is 126 Å². The number of hydrogen-bond donors (Lipinski definition) is 4. The van der Waals surface area contributed by atoms with Gasteiger partial charge in [-0.1, -0.05) is 83.9 Å². The van der Waals surface area contributed by atoms with Crippen LogP contribution in [0.15, 0.2) is 120 Å². The van der Waals surface area contributed by atoms with Gasteiger partial charge in [-0.05, 0) is 111 Å². The van der Waals surface area contributed by atoms with Gasteiger partial charge in [-0.2, -0.15) is 0 Å². The van der Waals surface area contributed by atoms with Gasteiger partial charge in [0.05, 0.1) is 20.5 Å². The van der Waals surface area contributed by atoms with Crippen molar-refractivity contribution < 1.29 is 30.0 Å². The molecule has 0 amide bonds.